The van der Waals surface area contributed by atoms with E-state index >= 15 is 0 Å². The van der Waals surface area contributed by atoms with E-state index in [-0.39, 0.29) is 21.2 Å². The molecule has 1 heterocycles. The number of aromatic nitrogens is 1. The summed E-state index contributed by atoms with van der Waals surface area (Å²) in [4.78, 5) is 3.91. The van der Waals surface area contributed by atoms with Gasteiger partial charge in [0.15, 0.2) is 9.34 Å². The molecule has 0 spiro atoms. The first-order valence-corrected chi connectivity index (χ1v) is 8.57. The van der Waals surface area contributed by atoms with E-state index < -0.39 is 10.0 Å². The van der Waals surface area contributed by atoms with Crippen LogP contribution in [0.4, 0.5) is 9.52 Å². The quantitative estimate of drug-likeness (QED) is 0.879. The molecule has 2 rings (SSSR count). The van der Waals surface area contributed by atoms with Gasteiger partial charge in [0.2, 0.25) is 0 Å². The lowest BCUT2D eigenvalue weighted by molar-refractivity contribution is 0.560. The summed E-state index contributed by atoms with van der Waals surface area (Å²) in [6.07, 6.45) is 0.465. The highest BCUT2D eigenvalue weighted by molar-refractivity contribution is 7.91. The molecule has 0 radical (unpaired) electrons. The Bertz CT molecular complexity index is 726. The van der Waals surface area contributed by atoms with Crippen molar-refractivity contribution in [1.29, 1.82) is 0 Å². The molecule has 5 nitrogen and oxygen atoms in total. The summed E-state index contributed by atoms with van der Waals surface area (Å²) in [7, 11) is -3.65. The monoisotopic (exact) mass is 329 g/mol. The Kier molecular flexibility index (Phi) is 4.60. The topological polar surface area (TPSA) is 85.1 Å². The molecule has 2 aromatic rings. The molecule has 0 amide bonds. The Hall–Kier alpha value is -1.51. The highest BCUT2D eigenvalue weighted by Crippen LogP contribution is 2.25. The Labute approximate surface area is 127 Å². The number of sulfonamides is 1. The number of aryl methyl sites for hydroxylation is 1. The molecule has 8 heteroatoms. The van der Waals surface area contributed by atoms with E-state index in [9.17, 15) is 12.8 Å². The average molecular weight is 329 g/mol. The van der Waals surface area contributed by atoms with Crippen molar-refractivity contribution in [2.24, 2.45) is 0 Å². The summed E-state index contributed by atoms with van der Waals surface area (Å²) < 4.78 is 40.1. The van der Waals surface area contributed by atoms with E-state index in [1.165, 1.54) is 12.1 Å². The van der Waals surface area contributed by atoms with E-state index in [0.717, 1.165) is 16.9 Å². The number of nitrogens with two attached hydrogens (primary N) is 1. The van der Waals surface area contributed by atoms with Gasteiger partial charge in [-0.1, -0.05) is 23.5 Å². The number of hydrogen-bond acceptors (Lipinski definition) is 5. The fourth-order valence-corrected chi connectivity index (χ4v) is 4.55. The first kappa shape index (κ1) is 15.9. The van der Waals surface area contributed by atoms with Crippen molar-refractivity contribution >= 4 is 26.5 Å². The molecule has 0 fully saturated rings. The second kappa shape index (κ2) is 6.08. The number of nitrogens with zero attached hydrogens (tertiary/aromatic N) is 1. The van der Waals surface area contributed by atoms with Gasteiger partial charge in [-0.3, -0.25) is 0 Å². The average Bonchev–Trinajstić information content (AvgIpc) is 2.71. The van der Waals surface area contributed by atoms with Gasteiger partial charge < -0.3 is 5.73 Å². The van der Waals surface area contributed by atoms with Crippen molar-refractivity contribution in [3.05, 3.63) is 41.3 Å². The number of benzene rings is 1. The zero-order valence-electron chi connectivity index (χ0n) is 11.6. The Balaban J connectivity index is 2.09. The van der Waals surface area contributed by atoms with Crippen LogP contribution in [0.25, 0.3) is 0 Å². The van der Waals surface area contributed by atoms with Crippen LogP contribution in [0, 0.1) is 12.7 Å². The highest BCUT2D eigenvalue weighted by atomic mass is 32.2. The third kappa shape index (κ3) is 3.99. The van der Waals surface area contributed by atoms with Crippen LogP contribution in [-0.2, 0) is 16.4 Å². The van der Waals surface area contributed by atoms with E-state index in [1.807, 2.05) is 0 Å². The Morgan fingerprint density at radius 3 is 2.52 bits per heavy atom. The zero-order chi connectivity index (χ0) is 15.6. The minimum Gasteiger partial charge on any atom is -0.375 e. The van der Waals surface area contributed by atoms with Gasteiger partial charge >= 0.3 is 0 Å². The van der Waals surface area contributed by atoms with Crippen LogP contribution < -0.4 is 10.5 Å². The first-order chi connectivity index (χ1) is 9.78. The second-order valence-electron chi connectivity index (χ2n) is 4.78. The van der Waals surface area contributed by atoms with Gasteiger partial charge in [-0.25, -0.2) is 22.5 Å². The molecule has 114 valence electrons. The number of halogens is 1. The lowest BCUT2D eigenvalue weighted by atomic mass is 10.1. The SMILES string of the molecule is Cc1nc(N)sc1S(=O)(=O)NC(C)Cc1ccc(F)cc1. The van der Waals surface area contributed by atoms with Gasteiger partial charge in [0.25, 0.3) is 10.0 Å². The second-order valence-corrected chi connectivity index (χ2v) is 7.72. The molecule has 21 heavy (non-hydrogen) atoms. The fourth-order valence-electron chi connectivity index (χ4n) is 1.99. The predicted molar refractivity (Wildman–Crippen MR) is 81.2 cm³/mol. The van der Waals surface area contributed by atoms with Crippen molar-refractivity contribution in [1.82, 2.24) is 9.71 Å². The van der Waals surface area contributed by atoms with Crippen LogP contribution in [0.5, 0.6) is 0 Å². The van der Waals surface area contributed by atoms with Crippen molar-refractivity contribution in [2.45, 2.75) is 30.5 Å². The maximum Gasteiger partial charge on any atom is 0.252 e. The minimum atomic E-state index is -3.65. The van der Waals surface area contributed by atoms with Crippen LogP contribution in [0.15, 0.2) is 28.5 Å². The summed E-state index contributed by atoms with van der Waals surface area (Å²) in [5, 5.41) is 0.221. The van der Waals surface area contributed by atoms with Gasteiger partial charge in [0, 0.05) is 6.04 Å². The number of anilines is 1. The summed E-state index contributed by atoms with van der Waals surface area (Å²) in [6, 6.07) is 5.64. The maximum absolute atomic E-state index is 12.8. The van der Waals surface area contributed by atoms with Crippen LogP contribution in [0.3, 0.4) is 0 Å². The molecular formula is C13H16FN3O2S2. The minimum absolute atomic E-state index is 0.131. The molecule has 3 N–H and O–H groups in total. The molecule has 0 saturated heterocycles. The fraction of sp³-hybridized carbons (Fsp3) is 0.308. The first-order valence-electron chi connectivity index (χ1n) is 6.27. The van der Waals surface area contributed by atoms with Crippen LogP contribution in [0.1, 0.15) is 18.2 Å². The smallest absolute Gasteiger partial charge is 0.252 e. The number of hydrogen-bond donors (Lipinski definition) is 2. The molecule has 1 aromatic heterocycles. The van der Waals surface area contributed by atoms with Gasteiger partial charge in [0.1, 0.15) is 5.82 Å². The van der Waals surface area contributed by atoms with Gasteiger partial charge in [-0.05, 0) is 38.0 Å². The van der Waals surface area contributed by atoms with Crippen LogP contribution in [-0.4, -0.2) is 19.4 Å². The molecule has 0 aliphatic rings. The van der Waals surface area contributed by atoms with Crippen LogP contribution in [0.2, 0.25) is 0 Å². The van der Waals surface area contributed by atoms with Crippen molar-refractivity contribution in [3.63, 3.8) is 0 Å². The molecule has 0 saturated carbocycles. The molecular weight excluding hydrogens is 313 g/mol. The zero-order valence-corrected chi connectivity index (χ0v) is 13.3. The molecule has 0 aliphatic heterocycles. The van der Waals surface area contributed by atoms with Gasteiger partial charge in [0.05, 0.1) is 5.69 Å². The Morgan fingerprint density at radius 2 is 2.00 bits per heavy atom. The highest BCUT2D eigenvalue weighted by Gasteiger charge is 2.23. The molecule has 0 aliphatic carbocycles. The van der Waals surface area contributed by atoms with Crippen LogP contribution >= 0.6 is 11.3 Å². The van der Waals surface area contributed by atoms with Crippen molar-refractivity contribution < 1.29 is 12.8 Å². The van der Waals surface area contributed by atoms with Gasteiger partial charge in [-0.15, -0.1) is 0 Å². The summed E-state index contributed by atoms with van der Waals surface area (Å²) in [5.41, 5.74) is 6.77. The lowest BCUT2D eigenvalue weighted by Gasteiger charge is -2.13. The summed E-state index contributed by atoms with van der Waals surface area (Å²) in [6.45, 7) is 3.35. The standard InChI is InChI=1S/C13H16FN3O2S2/c1-8(7-10-3-5-11(14)6-4-10)17-21(18,19)12-9(2)16-13(15)20-12/h3-6,8,17H,7H2,1-2H3,(H2,15,16). The van der Waals surface area contributed by atoms with Crippen molar-refractivity contribution in [3.8, 4) is 0 Å². The molecule has 0 bridgehead atoms. The normalized spacial score (nSPS) is 13.3. The maximum atomic E-state index is 12.8. The number of thiazole rings is 1. The molecule has 1 atom stereocenters. The number of rotatable bonds is 5. The van der Waals surface area contributed by atoms with Gasteiger partial charge in [-0.2, -0.15) is 0 Å². The largest absolute Gasteiger partial charge is 0.375 e. The third-order valence-corrected chi connectivity index (χ3v) is 6.01. The summed E-state index contributed by atoms with van der Waals surface area (Å²) >= 11 is 0.938. The van der Waals surface area contributed by atoms with E-state index in [1.54, 1.807) is 26.0 Å². The lowest BCUT2D eigenvalue weighted by Crippen LogP contribution is -2.34. The third-order valence-electron chi connectivity index (χ3n) is 2.83. The number of nitrogen functional groups attached to an aromatic ring is 1. The summed E-state index contributed by atoms with van der Waals surface area (Å²) in [5.74, 6) is -0.317. The molecule has 1 aromatic carbocycles. The number of nitrogens with one attached hydrogen (secondary N) is 1. The predicted octanol–water partition coefficient (Wildman–Crippen LogP) is 2.08. The Morgan fingerprint density at radius 1 is 1.38 bits per heavy atom. The van der Waals surface area contributed by atoms with E-state index in [4.69, 9.17) is 5.73 Å². The van der Waals surface area contributed by atoms with E-state index in [2.05, 4.69) is 9.71 Å². The molecule has 1 unspecified atom stereocenters. The van der Waals surface area contributed by atoms with Crippen molar-refractivity contribution in [2.75, 3.05) is 5.73 Å². The van der Waals surface area contributed by atoms with E-state index in [0.29, 0.717) is 12.1 Å².